The van der Waals surface area contributed by atoms with Gasteiger partial charge in [-0.25, -0.2) is 0 Å². The smallest absolute Gasteiger partial charge is 0.161 e. The molecule has 2 N–H and O–H groups in total. The summed E-state index contributed by atoms with van der Waals surface area (Å²) in [6.07, 6.45) is 0. The Morgan fingerprint density at radius 3 is 2.70 bits per heavy atom. The molecule has 1 aliphatic heterocycles. The van der Waals surface area contributed by atoms with Gasteiger partial charge in [-0.05, 0) is 45.1 Å². The first-order valence-corrected chi connectivity index (χ1v) is 8.20. The third-order valence-electron chi connectivity index (χ3n) is 3.30. The Morgan fingerprint density at radius 1 is 1.25 bits per heavy atom. The van der Waals surface area contributed by atoms with Crippen LogP contribution in [0.25, 0.3) is 0 Å². The molecule has 0 bridgehead atoms. The average molecular weight is 354 g/mol. The molecule has 0 saturated carbocycles. The minimum Gasteiger partial charge on any atom is -0.489 e. The highest BCUT2D eigenvalue weighted by Gasteiger charge is 2.19. The molecule has 106 valence electrons. The Morgan fingerprint density at radius 2 is 2.00 bits per heavy atom. The molecule has 2 aromatic rings. The standard InChI is InChI=1S/C15H16BrNO2S/c1-9-7-18-12-3-2-10(6-13(12)19-8-9)14(17)15-11(16)4-5-20-15/h2-6,9,14H,7-8,17H2,1H3. The number of fused-ring (bicyclic) bond motifs is 1. The number of thiophene rings is 1. The molecule has 0 amide bonds. The van der Waals surface area contributed by atoms with Crippen molar-refractivity contribution in [1.82, 2.24) is 0 Å². The summed E-state index contributed by atoms with van der Waals surface area (Å²) in [5.74, 6) is 1.98. The zero-order valence-corrected chi connectivity index (χ0v) is 13.5. The van der Waals surface area contributed by atoms with Crippen LogP contribution in [0, 0.1) is 5.92 Å². The van der Waals surface area contributed by atoms with Crippen molar-refractivity contribution < 1.29 is 9.47 Å². The number of rotatable bonds is 2. The zero-order chi connectivity index (χ0) is 14.1. The summed E-state index contributed by atoms with van der Waals surface area (Å²) in [6, 6.07) is 7.81. The molecular weight excluding hydrogens is 338 g/mol. The predicted molar refractivity (Wildman–Crippen MR) is 84.6 cm³/mol. The molecule has 3 rings (SSSR count). The lowest BCUT2D eigenvalue weighted by Gasteiger charge is -2.14. The van der Waals surface area contributed by atoms with Crippen molar-refractivity contribution in [3.05, 3.63) is 44.6 Å². The van der Waals surface area contributed by atoms with Crippen LogP contribution in [-0.2, 0) is 0 Å². The van der Waals surface area contributed by atoms with Crippen LogP contribution in [0.15, 0.2) is 34.1 Å². The maximum absolute atomic E-state index is 6.35. The van der Waals surface area contributed by atoms with E-state index in [1.807, 2.05) is 29.6 Å². The Labute approximate surface area is 130 Å². The van der Waals surface area contributed by atoms with Crippen molar-refractivity contribution in [3.8, 4) is 11.5 Å². The lowest BCUT2D eigenvalue weighted by Crippen LogP contribution is -2.12. The highest BCUT2D eigenvalue weighted by atomic mass is 79.9. The second-order valence-electron chi connectivity index (χ2n) is 5.04. The monoisotopic (exact) mass is 353 g/mol. The number of hydrogen-bond acceptors (Lipinski definition) is 4. The number of halogens is 1. The summed E-state index contributed by atoms with van der Waals surface area (Å²) in [5, 5.41) is 2.03. The van der Waals surface area contributed by atoms with E-state index in [0.29, 0.717) is 19.1 Å². The van der Waals surface area contributed by atoms with Gasteiger partial charge >= 0.3 is 0 Å². The Bertz CT molecular complexity index is 614. The van der Waals surface area contributed by atoms with E-state index < -0.39 is 0 Å². The summed E-state index contributed by atoms with van der Waals surface area (Å²) in [5.41, 5.74) is 7.38. The van der Waals surface area contributed by atoms with E-state index in [2.05, 4.69) is 22.9 Å². The summed E-state index contributed by atoms with van der Waals surface area (Å²) in [4.78, 5) is 1.12. The molecule has 0 aliphatic carbocycles. The van der Waals surface area contributed by atoms with Crippen LogP contribution in [0.1, 0.15) is 23.4 Å². The molecule has 2 unspecified atom stereocenters. The van der Waals surface area contributed by atoms with Crippen molar-refractivity contribution in [3.63, 3.8) is 0 Å². The minimum absolute atomic E-state index is 0.154. The van der Waals surface area contributed by atoms with Crippen molar-refractivity contribution in [2.24, 2.45) is 11.7 Å². The summed E-state index contributed by atoms with van der Waals surface area (Å²) in [7, 11) is 0. The lowest BCUT2D eigenvalue weighted by molar-refractivity contribution is 0.228. The quantitative estimate of drug-likeness (QED) is 0.888. The maximum atomic E-state index is 6.35. The van der Waals surface area contributed by atoms with Gasteiger partial charge in [0.2, 0.25) is 0 Å². The molecule has 0 spiro atoms. The van der Waals surface area contributed by atoms with Crippen molar-refractivity contribution in [2.75, 3.05) is 13.2 Å². The molecule has 0 radical (unpaired) electrons. The van der Waals surface area contributed by atoms with E-state index in [4.69, 9.17) is 15.2 Å². The second-order valence-corrected chi connectivity index (χ2v) is 6.85. The Hall–Kier alpha value is -1.04. The van der Waals surface area contributed by atoms with Crippen molar-refractivity contribution in [2.45, 2.75) is 13.0 Å². The molecular formula is C15H16BrNO2S. The number of ether oxygens (including phenoxy) is 2. The topological polar surface area (TPSA) is 44.5 Å². The third kappa shape index (κ3) is 2.71. The molecule has 0 saturated heterocycles. The lowest BCUT2D eigenvalue weighted by atomic mass is 10.1. The van der Waals surface area contributed by atoms with Gasteiger partial charge in [-0.1, -0.05) is 13.0 Å². The van der Waals surface area contributed by atoms with E-state index in [0.717, 1.165) is 26.4 Å². The van der Waals surface area contributed by atoms with Crippen LogP contribution in [-0.4, -0.2) is 13.2 Å². The molecule has 0 fully saturated rings. The average Bonchev–Trinajstić information content (AvgIpc) is 2.79. The van der Waals surface area contributed by atoms with Gasteiger partial charge in [-0.15, -0.1) is 11.3 Å². The molecule has 1 aromatic heterocycles. The number of benzene rings is 1. The zero-order valence-electron chi connectivity index (χ0n) is 11.1. The van der Waals surface area contributed by atoms with E-state index >= 15 is 0 Å². The van der Waals surface area contributed by atoms with Gasteiger partial charge < -0.3 is 15.2 Å². The molecule has 3 nitrogen and oxygen atoms in total. The van der Waals surface area contributed by atoms with Gasteiger partial charge in [0.05, 0.1) is 19.3 Å². The van der Waals surface area contributed by atoms with Gasteiger partial charge in [-0.3, -0.25) is 0 Å². The number of hydrogen-bond donors (Lipinski definition) is 1. The van der Waals surface area contributed by atoms with E-state index in [1.165, 1.54) is 0 Å². The molecule has 1 aliphatic rings. The van der Waals surface area contributed by atoms with Gasteiger partial charge in [-0.2, -0.15) is 0 Å². The van der Waals surface area contributed by atoms with Crippen LogP contribution in [0.5, 0.6) is 11.5 Å². The fourth-order valence-electron chi connectivity index (χ4n) is 2.14. The Balaban J connectivity index is 1.91. The van der Waals surface area contributed by atoms with E-state index in [9.17, 15) is 0 Å². The molecule has 2 heterocycles. The minimum atomic E-state index is -0.154. The maximum Gasteiger partial charge on any atom is 0.161 e. The molecule has 2 atom stereocenters. The summed E-state index contributed by atoms with van der Waals surface area (Å²) < 4.78 is 12.6. The summed E-state index contributed by atoms with van der Waals surface area (Å²) in [6.45, 7) is 3.48. The third-order valence-corrected chi connectivity index (χ3v) is 5.25. The second kappa shape index (κ2) is 5.76. The normalized spacial score (nSPS) is 19.4. The fourth-order valence-corrected chi connectivity index (χ4v) is 3.79. The van der Waals surface area contributed by atoms with Crippen molar-refractivity contribution >= 4 is 27.3 Å². The van der Waals surface area contributed by atoms with Gasteiger partial charge in [0.25, 0.3) is 0 Å². The predicted octanol–water partition coefficient (Wildman–Crippen LogP) is 3.97. The molecule has 5 heteroatoms. The van der Waals surface area contributed by atoms with Gasteiger partial charge in [0.1, 0.15) is 0 Å². The SMILES string of the molecule is CC1COc2ccc(C(N)c3sccc3Br)cc2OC1. The van der Waals surface area contributed by atoms with Crippen molar-refractivity contribution in [1.29, 1.82) is 0 Å². The van der Waals surface area contributed by atoms with E-state index in [-0.39, 0.29) is 6.04 Å². The Kier molecular flexibility index (Phi) is 4.01. The van der Waals surface area contributed by atoms with Crippen LogP contribution < -0.4 is 15.2 Å². The van der Waals surface area contributed by atoms with Crippen LogP contribution in [0.4, 0.5) is 0 Å². The highest BCUT2D eigenvalue weighted by molar-refractivity contribution is 9.10. The first-order chi connectivity index (χ1) is 9.65. The van der Waals surface area contributed by atoms with Crippen LogP contribution in [0.3, 0.4) is 0 Å². The first-order valence-electron chi connectivity index (χ1n) is 6.53. The molecule has 20 heavy (non-hydrogen) atoms. The summed E-state index contributed by atoms with van der Waals surface area (Å²) >= 11 is 5.18. The first kappa shape index (κ1) is 13.9. The highest BCUT2D eigenvalue weighted by Crippen LogP contribution is 2.36. The molecule has 1 aromatic carbocycles. The van der Waals surface area contributed by atoms with Crippen LogP contribution >= 0.6 is 27.3 Å². The van der Waals surface area contributed by atoms with Gasteiger partial charge in [0.15, 0.2) is 11.5 Å². The fraction of sp³-hybridized carbons (Fsp3) is 0.333. The van der Waals surface area contributed by atoms with Gasteiger partial charge in [0, 0.05) is 15.3 Å². The van der Waals surface area contributed by atoms with E-state index in [1.54, 1.807) is 11.3 Å². The van der Waals surface area contributed by atoms with Crippen LogP contribution in [0.2, 0.25) is 0 Å². The number of nitrogens with two attached hydrogens (primary N) is 1. The largest absolute Gasteiger partial charge is 0.489 e.